The Morgan fingerprint density at radius 2 is 1.91 bits per heavy atom. The summed E-state index contributed by atoms with van der Waals surface area (Å²) in [5, 5.41) is 2.59. The molecule has 2 atom stereocenters. The van der Waals surface area contributed by atoms with Crippen molar-refractivity contribution in [2.75, 3.05) is 20.3 Å². The molecule has 0 aromatic heterocycles. The number of ether oxygens (including phenoxy) is 2. The number of carbonyl (C=O) groups excluding carboxylic acids is 2. The van der Waals surface area contributed by atoms with Gasteiger partial charge in [0.2, 0.25) is 5.91 Å². The molecule has 0 bridgehead atoms. The minimum Gasteiger partial charge on any atom is -0.453 e. The van der Waals surface area contributed by atoms with E-state index in [0.717, 1.165) is 18.4 Å². The number of nitrogens with one attached hydrogen (secondary N) is 1. The molecule has 2 amide bonds. The van der Waals surface area contributed by atoms with Crippen molar-refractivity contribution in [1.29, 1.82) is 0 Å². The van der Waals surface area contributed by atoms with Gasteiger partial charge in [0.05, 0.1) is 7.11 Å². The maximum atomic E-state index is 11.9. The number of primary amides is 1. The van der Waals surface area contributed by atoms with Crippen molar-refractivity contribution in [2.24, 2.45) is 11.7 Å². The average Bonchev–Trinajstić information content (AvgIpc) is 2.56. The molecule has 1 aliphatic rings. The third-order valence-corrected chi connectivity index (χ3v) is 4.08. The van der Waals surface area contributed by atoms with Crippen molar-refractivity contribution in [3.8, 4) is 0 Å². The Bertz CT molecular complexity index is 500. The van der Waals surface area contributed by atoms with Crippen LogP contribution in [0.4, 0.5) is 4.79 Å². The lowest BCUT2D eigenvalue weighted by molar-refractivity contribution is -0.121. The Hall–Kier alpha value is -2.08. The standard InChI is InChI=1S/C16H22N2O4/c1-21-16(20)18-14(15(17)19)13(11-5-3-2-4-6-11)12-7-9-22-10-8-12/h2-6,12-14H,7-10H2,1H3,(H2,17,19)(H,18,20)/t13?,14-/m0/s1. The molecule has 2 rings (SSSR count). The van der Waals surface area contributed by atoms with Gasteiger partial charge in [-0.05, 0) is 24.3 Å². The van der Waals surface area contributed by atoms with Crippen LogP contribution in [0.25, 0.3) is 0 Å². The van der Waals surface area contributed by atoms with Gasteiger partial charge in [-0.2, -0.15) is 0 Å². The maximum Gasteiger partial charge on any atom is 0.407 e. The van der Waals surface area contributed by atoms with Crippen molar-refractivity contribution >= 4 is 12.0 Å². The van der Waals surface area contributed by atoms with Crippen LogP contribution in [0.15, 0.2) is 30.3 Å². The first kappa shape index (κ1) is 16.3. The van der Waals surface area contributed by atoms with E-state index in [-0.39, 0.29) is 11.8 Å². The molecular weight excluding hydrogens is 284 g/mol. The SMILES string of the molecule is COC(=O)N[C@H](C(N)=O)C(c1ccccc1)C1CCOCC1. The topological polar surface area (TPSA) is 90.6 Å². The van der Waals surface area contributed by atoms with E-state index < -0.39 is 18.0 Å². The van der Waals surface area contributed by atoms with Gasteiger partial charge in [-0.15, -0.1) is 0 Å². The molecule has 120 valence electrons. The zero-order valence-corrected chi connectivity index (χ0v) is 12.7. The minimum atomic E-state index is -0.807. The van der Waals surface area contributed by atoms with Crippen LogP contribution in [0.5, 0.6) is 0 Å². The van der Waals surface area contributed by atoms with Gasteiger partial charge in [0.15, 0.2) is 0 Å². The van der Waals surface area contributed by atoms with Crippen LogP contribution in [0.2, 0.25) is 0 Å². The van der Waals surface area contributed by atoms with E-state index in [4.69, 9.17) is 10.5 Å². The minimum absolute atomic E-state index is 0.193. The average molecular weight is 306 g/mol. The zero-order valence-electron chi connectivity index (χ0n) is 12.7. The lowest BCUT2D eigenvalue weighted by Gasteiger charge is -2.35. The summed E-state index contributed by atoms with van der Waals surface area (Å²) >= 11 is 0. The Kier molecular flexibility index (Phi) is 5.77. The summed E-state index contributed by atoms with van der Waals surface area (Å²) in [6.45, 7) is 1.30. The summed E-state index contributed by atoms with van der Waals surface area (Å²) in [4.78, 5) is 23.5. The third-order valence-electron chi connectivity index (χ3n) is 4.08. The Labute approximate surface area is 130 Å². The van der Waals surface area contributed by atoms with Crippen molar-refractivity contribution < 1.29 is 19.1 Å². The first-order valence-corrected chi connectivity index (χ1v) is 7.40. The monoisotopic (exact) mass is 306 g/mol. The van der Waals surface area contributed by atoms with Gasteiger partial charge < -0.3 is 20.5 Å². The zero-order chi connectivity index (χ0) is 15.9. The molecule has 0 spiro atoms. The molecular formula is C16H22N2O4. The molecule has 22 heavy (non-hydrogen) atoms. The highest BCUT2D eigenvalue weighted by Crippen LogP contribution is 2.34. The highest BCUT2D eigenvalue weighted by Gasteiger charge is 2.36. The summed E-state index contributed by atoms with van der Waals surface area (Å²) < 4.78 is 10.0. The quantitative estimate of drug-likeness (QED) is 0.860. The van der Waals surface area contributed by atoms with Crippen LogP contribution in [-0.4, -0.2) is 38.4 Å². The second-order valence-electron chi connectivity index (χ2n) is 5.40. The van der Waals surface area contributed by atoms with E-state index in [1.54, 1.807) is 0 Å². The fraction of sp³-hybridized carbons (Fsp3) is 0.500. The van der Waals surface area contributed by atoms with E-state index in [1.165, 1.54) is 7.11 Å². The molecule has 6 heteroatoms. The molecule has 0 radical (unpaired) electrons. The van der Waals surface area contributed by atoms with Crippen LogP contribution >= 0.6 is 0 Å². The molecule has 0 saturated carbocycles. The molecule has 1 saturated heterocycles. The van der Waals surface area contributed by atoms with E-state index >= 15 is 0 Å². The number of hydrogen-bond acceptors (Lipinski definition) is 4. The Morgan fingerprint density at radius 3 is 2.45 bits per heavy atom. The molecule has 1 heterocycles. The van der Waals surface area contributed by atoms with E-state index in [9.17, 15) is 9.59 Å². The number of methoxy groups -OCH3 is 1. The fourth-order valence-electron chi connectivity index (χ4n) is 3.01. The smallest absolute Gasteiger partial charge is 0.407 e. The molecule has 1 aromatic rings. The molecule has 1 aliphatic heterocycles. The number of benzene rings is 1. The summed E-state index contributed by atoms with van der Waals surface area (Å²) in [6.07, 6.45) is 0.995. The predicted molar refractivity (Wildman–Crippen MR) is 81.2 cm³/mol. The van der Waals surface area contributed by atoms with Gasteiger partial charge in [-0.25, -0.2) is 4.79 Å². The Morgan fingerprint density at radius 1 is 1.27 bits per heavy atom. The number of hydrogen-bond donors (Lipinski definition) is 2. The van der Waals surface area contributed by atoms with Crippen LogP contribution < -0.4 is 11.1 Å². The molecule has 1 unspecified atom stereocenters. The van der Waals surface area contributed by atoms with Crippen LogP contribution in [0.1, 0.15) is 24.3 Å². The normalized spacial score (nSPS) is 18.2. The summed E-state index contributed by atoms with van der Waals surface area (Å²) in [6, 6.07) is 8.84. The van der Waals surface area contributed by atoms with Gasteiger partial charge in [0.1, 0.15) is 6.04 Å². The molecule has 1 fully saturated rings. The van der Waals surface area contributed by atoms with Gasteiger partial charge >= 0.3 is 6.09 Å². The summed E-state index contributed by atoms with van der Waals surface area (Å²) in [5.41, 5.74) is 6.53. The van der Waals surface area contributed by atoms with Crippen LogP contribution in [-0.2, 0) is 14.3 Å². The lowest BCUT2D eigenvalue weighted by Crippen LogP contribution is -2.50. The van der Waals surface area contributed by atoms with Crippen molar-refractivity contribution in [3.05, 3.63) is 35.9 Å². The van der Waals surface area contributed by atoms with E-state index in [2.05, 4.69) is 10.1 Å². The first-order valence-electron chi connectivity index (χ1n) is 7.40. The number of rotatable bonds is 5. The van der Waals surface area contributed by atoms with Gasteiger partial charge in [-0.1, -0.05) is 30.3 Å². The highest BCUT2D eigenvalue weighted by molar-refractivity contribution is 5.85. The molecule has 6 nitrogen and oxygen atoms in total. The van der Waals surface area contributed by atoms with E-state index in [1.807, 2.05) is 30.3 Å². The first-order chi connectivity index (χ1) is 10.6. The number of nitrogens with two attached hydrogens (primary N) is 1. The largest absolute Gasteiger partial charge is 0.453 e. The van der Waals surface area contributed by atoms with E-state index in [0.29, 0.717) is 13.2 Å². The number of alkyl carbamates (subject to hydrolysis) is 1. The number of amides is 2. The summed E-state index contributed by atoms with van der Waals surface area (Å²) in [7, 11) is 1.26. The third kappa shape index (κ3) is 3.98. The predicted octanol–water partition coefficient (Wildman–Crippen LogP) is 1.41. The Balaban J connectivity index is 2.31. The lowest BCUT2D eigenvalue weighted by atomic mass is 9.76. The second kappa shape index (κ2) is 7.79. The van der Waals surface area contributed by atoms with Gasteiger partial charge in [0.25, 0.3) is 0 Å². The number of carbonyl (C=O) groups is 2. The van der Waals surface area contributed by atoms with Crippen LogP contribution in [0, 0.1) is 5.92 Å². The van der Waals surface area contributed by atoms with Crippen LogP contribution in [0.3, 0.4) is 0 Å². The van der Waals surface area contributed by atoms with Gasteiger partial charge in [-0.3, -0.25) is 4.79 Å². The van der Waals surface area contributed by atoms with Crippen molar-refractivity contribution in [3.63, 3.8) is 0 Å². The second-order valence-corrected chi connectivity index (χ2v) is 5.40. The summed E-state index contributed by atoms with van der Waals surface area (Å²) in [5.74, 6) is -0.543. The van der Waals surface area contributed by atoms with Crippen molar-refractivity contribution in [1.82, 2.24) is 5.32 Å². The fourth-order valence-corrected chi connectivity index (χ4v) is 3.01. The maximum absolute atomic E-state index is 11.9. The highest BCUT2D eigenvalue weighted by atomic mass is 16.5. The molecule has 3 N–H and O–H groups in total. The molecule has 1 aromatic carbocycles. The van der Waals surface area contributed by atoms with Crippen molar-refractivity contribution in [2.45, 2.75) is 24.8 Å². The molecule has 0 aliphatic carbocycles. The van der Waals surface area contributed by atoms with Gasteiger partial charge in [0, 0.05) is 19.1 Å².